The van der Waals surface area contributed by atoms with Gasteiger partial charge in [-0.2, -0.15) is 10.2 Å². The van der Waals surface area contributed by atoms with E-state index in [4.69, 9.17) is 24.5 Å². The van der Waals surface area contributed by atoms with Crippen LogP contribution in [0.1, 0.15) is 16.7 Å². The predicted molar refractivity (Wildman–Crippen MR) is 140 cm³/mol. The summed E-state index contributed by atoms with van der Waals surface area (Å²) in [5.74, 6) is 3.12. The summed E-state index contributed by atoms with van der Waals surface area (Å²) in [5.41, 5.74) is 6.99. The smallest absolute Gasteiger partial charge is 0.249 e. The molecule has 2 aromatic heterocycles. The lowest BCUT2D eigenvalue weighted by Crippen LogP contribution is -2.02. The molecule has 37 heavy (non-hydrogen) atoms. The van der Waals surface area contributed by atoms with Crippen LogP contribution in [0, 0.1) is 25.2 Å². The summed E-state index contributed by atoms with van der Waals surface area (Å²) < 4.78 is 19.4. The SMILES string of the molecule is Cc1cc(-c2ccc3c(c2)OCO3)cc(C)c1Oc1nc(Nc2ccc(C#N)cc2)nc2ccn(C)c12. The molecule has 1 aliphatic heterocycles. The molecule has 8 heteroatoms. The van der Waals surface area contributed by atoms with Crippen molar-refractivity contribution in [3.05, 3.63) is 83.6 Å². The molecule has 8 nitrogen and oxygen atoms in total. The van der Waals surface area contributed by atoms with E-state index in [0.717, 1.165) is 56.2 Å². The molecule has 0 aliphatic carbocycles. The second kappa shape index (κ2) is 8.88. The van der Waals surface area contributed by atoms with Crippen LogP contribution in [-0.4, -0.2) is 21.3 Å². The number of anilines is 2. The van der Waals surface area contributed by atoms with Crippen molar-refractivity contribution in [3.63, 3.8) is 0 Å². The van der Waals surface area contributed by atoms with E-state index in [0.29, 0.717) is 17.4 Å². The van der Waals surface area contributed by atoms with Gasteiger partial charge in [-0.3, -0.25) is 0 Å². The van der Waals surface area contributed by atoms with Gasteiger partial charge in [-0.05, 0) is 90.7 Å². The van der Waals surface area contributed by atoms with Gasteiger partial charge in [0.05, 0.1) is 17.1 Å². The Morgan fingerprint density at radius 3 is 2.43 bits per heavy atom. The van der Waals surface area contributed by atoms with E-state index in [9.17, 15) is 0 Å². The molecular weight excluding hydrogens is 466 g/mol. The Kier molecular flexibility index (Phi) is 5.38. The molecule has 0 amide bonds. The van der Waals surface area contributed by atoms with Crippen molar-refractivity contribution in [1.82, 2.24) is 14.5 Å². The minimum Gasteiger partial charge on any atom is -0.454 e. The van der Waals surface area contributed by atoms with Gasteiger partial charge in [-0.25, -0.2) is 4.98 Å². The fourth-order valence-electron chi connectivity index (χ4n) is 4.49. The third kappa shape index (κ3) is 4.17. The van der Waals surface area contributed by atoms with E-state index < -0.39 is 0 Å². The first kappa shape index (κ1) is 22.4. The molecule has 0 fully saturated rings. The Morgan fingerprint density at radius 2 is 1.68 bits per heavy atom. The highest BCUT2D eigenvalue weighted by atomic mass is 16.7. The highest BCUT2D eigenvalue weighted by molar-refractivity contribution is 5.83. The molecule has 0 unspecified atom stereocenters. The minimum absolute atomic E-state index is 0.248. The van der Waals surface area contributed by atoms with Crippen molar-refractivity contribution in [2.24, 2.45) is 7.05 Å². The van der Waals surface area contributed by atoms with E-state index in [-0.39, 0.29) is 6.79 Å². The second-order valence-electron chi connectivity index (χ2n) is 8.94. The van der Waals surface area contributed by atoms with Crippen LogP contribution in [0.2, 0.25) is 0 Å². The molecule has 3 heterocycles. The van der Waals surface area contributed by atoms with Gasteiger partial charge < -0.3 is 24.1 Å². The monoisotopic (exact) mass is 489 g/mol. The van der Waals surface area contributed by atoms with Crippen LogP contribution < -0.4 is 19.5 Å². The number of ether oxygens (including phenoxy) is 3. The summed E-state index contributed by atoms with van der Waals surface area (Å²) in [6, 6.07) is 21.3. The minimum atomic E-state index is 0.248. The lowest BCUT2D eigenvalue weighted by molar-refractivity contribution is 0.174. The number of fused-ring (bicyclic) bond motifs is 2. The molecule has 6 rings (SSSR count). The molecule has 0 spiro atoms. The van der Waals surface area contributed by atoms with Gasteiger partial charge in [-0.15, -0.1) is 0 Å². The van der Waals surface area contributed by atoms with E-state index in [1.807, 2.05) is 68.1 Å². The average Bonchev–Trinajstić information content (AvgIpc) is 3.52. The number of benzene rings is 3. The Balaban J connectivity index is 1.35. The fourth-order valence-corrected chi connectivity index (χ4v) is 4.49. The number of hydrogen-bond acceptors (Lipinski definition) is 7. The van der Waals surface area contributed by atoms with Gasteiger partial charge in [0.25, 0.3) is 0 Å². The normalized spacial score (nSPS) is 11.9. The quantitative estimate of drug-likeness (QED) is 0.306. The molecule has 1 aliphatic rings. The van der Waals surface area contributed by atoms with Gasteiger partial charge >= 0.3 is 0 Å². The fraction of sp³-hybridized carbons (Fsp3) is 0.138. The summed E-state index contributed by atoms with van der Waals surface area (Å²) in [4.78, 5) is 9.36. The van der Waals surface area contributed by atoms with Crippen LogP contribution >= 0.6 is 0 Å². The van der Waals surface area contributed by atoms with Gasteiger partial charge in [-0.1, -0.05) is 6.07 Å². The van der Waals surface area contributed by atoms with Gasteiger partial charge in [0.2, 0.25) is 18.6 Å². The van der Waals surface area contributed by atoms with Crippen LogP contribution in [0.5, 0.6) is 23.1 Å². The number of nitrogens with zero attached hydrogens (tertiary/aromatic N) is 4. The third-order valence-electron chi connectivity index (χ3n) is 6.32. The first-order valence-corrected chi connectivity index (χ1v) is 11.8. The third-order valence-corrected chi connectivity index (χ3v) is 6.32. The maximum atomic E-state index is 9.05. The summed E-state index contributed by atoms with van der Waals surface area (Å²) in [7, 11) is 1.94. The number of aromatic nitrogens is 3. The molecule has 182 valence electrons. The molecule has 0 saturated heterocycles. The van der Waals surface area contributed by atoms with Crippen molar-refractivity contribution >= 4 is 22.7 Å². The van der Waals surface area contributed by atoms with E-state index >= 15 is 0 Å². The molecule has 0 saturated carbocycles. The standard InChI is InChI=1S/C29H23N5O3/c1-17-12-21(20-6-9-24-25(14-20)36-16-35-24)13-18(2)27(17)37-28-26-23(10-11-34(26)3)32-29(33-28)31-22-7-4-19(15-30)5-8-22/h4-14H,16H2,1-3H3,(H,31,32,33). The van der Waals surface area contributed by atoms with Gasteiger partial charge in [0.1, 0.15) is 11.3 Å². The molecule has 1 N–H and O–H groups in total. The highest BCUT2D eigenvalue weighted by Gasteiger charge is 2.18. The maximum absolute atomic E-state index is 9.05. The Hall–Kier alpha value is -5.03. The predicted octanol–water partition coefficient (Wildman–Crippen LogP) is 6.39. The first-order valence-electron chi connectivity index (χ1n) is 11.8. The van der Waals surface area contributed by atoms with Crippen LogP contribution in [-0.2, 0) is 7.05 Å². The van der Waals surface area contributed by atoms with E-state index in [1.165, 1.54) is 0 Å². The molecule has 5 aromatic rings. The van der Waals surface area contributed by atoms with Crippen molar-refractivity contribution in [1.29, 1.82) is 5.26 Å². The summed E-state index contributed by atoms with van der Waals surface area (Å²) in [6.45, 7) is 4.30. The average molecular weight is 490 g/mol. The summed E-state index contributed by atoms with van der Waals surface area (Å²) in [6.07, 6.45) is 1.93. The Labute approximate surface area is 213 Å². The van der Waals surface area contributed by atoms with Crippen LogP contribution in [0.4, 0.5) is 11.6 Å². The Bertz CT molecular complexity index is 1680. The number of aryl methyl sites for hydroxylation is 3. The zero-order chi connectivity index (χ0) is 25.5. The first-order chi connectivity index (χ1) is 18.0. The van der Waals surface area contributed by atoms with Crippen molar-refractivity contribution < 1.29 is 14.2 Å². The second-order valence-corrected chi connectivity index (χ2v) is 8.94. The Morgan fingerprint density at radius 1 is 0.919 bits per heavy atom. The molecular formula is C29H23N5O3. The number of rotatable bonds is 5. The number of hydrogen-bond donors (Lipinski definition) is 1. The summed E-state index contributed by atoms with van der Waals surface area (Å²) in [5, 5.41) is 12.3. The zero-order valence-electron chi connectivity index (χ0n) is 20.6. The molecule has 0 radical (unpaired) electrons. The molecule has 0 atom stereocenters. The zero-order valence-corrected chi connectivity index (χ0v) is 20.6. The number of nitrogens with one attached hydrogen (secondary N) is 1. The lowest BCUT2D eigenvalue weighted by atomic mass is 9.99. The molecule has 0 bridgehead atoms. The topological polar surface area (TPSA) is 94.2 Å². The summed E-state index contributed by atoms with van der Waals surface area (Å²) >= 11 is 0. The lowest BCUT2D eigenvalue weighted by Gasteiger charge is -2.16. The molecule has 3 aromatic carbocycles. The van der Waals surface area contributed by atoms with Crippen LogP contribution in [0.3, 0.4) is 0 Å². The van der Waals surface area contributed by atoms with Crippen LogP contribution in [0.25, 0.3) is 22.2 Å². The van der Waals surface area contributed by atoms with E-state index in [1.54, 1.807) is 12.1 Å². The van der Waals surface area contributed by atoms with Crippen molar-refractivity contribution in [2.75, 3.05) is 12.1 Å². The van der Waals surface area contributed by atoms with E-state index in [2.05, 4.69) is 28.5 Å². The number of nitriles is 1. The van der Waals surface area contributed by atoms with Crippen LogP contribution in [0.15, 0.2) is 66.9 Å². The van der Waals surface area contributed by atoms with Crippen molar-refractivity contribution in [2.45, 2.75) is 13.8 Å². The maximum Gasteiger partial charge on any atom is 0.249 e. The van der Waals surface area contributed by atoms with Gasteiger partial charge in [0, 0.05) is 18.9 Å². The largest absolute Gasteiger partial charge is 0.454 e. The van der Waals surface area contributed by atoms with Crippen molar-refractivity contribution in [3.8, 4) is 40.3 Å². The van der Waals surface area contributed by atoms with Gasteiger partial charge in [0.15, 0.2) is 11.5 Å². The highest BCUT2D eigenvalue weighted by Crippen LogP contribution is 2.39.